The lowest BCUT2D eigenvalue weighted by atomic mass is 9.98. The SMILES string of the molecule is C=CC(=NC1CC1)N/N=C(\C)c1ccc(-c2cnc(CC)c(F)c2)cc1C.CCC. The second-order valence-electron chi connectivity index (χ2n) is 7.50. The summed E-state index contributed by atoms with van der Waals surface area (Å²) in [6.07, 6.45) is 7.52. The molecule has 1 aromatic carbocycles. The van der Waals surface area contributed by atoms with Gasteiger partial charge in [-0.1, -0.05) is 52.0 Å². The number of hydrogen-bond acceptors (Lipinski definition) is 3. The van der Waals surface area contributed by atoms with Gasteiger partial charge in [-0.15, -0.1) is 0 Å². The first-order valence-electron chi connectivity index (χ1n) is 10.7. The Morgan fingerprint density at radius 1 is 1.23 bits per heavy atom. The topological polar surface area (TPSA) is 49.6 Å². The smallest absolute Gasteiger partial charge is 0.145 e. The van der Waals surface area contributed by atoms with Gasteiger partial charge in [0.2, 0.25) is 0 Å². The van der Waals surface area contributed by atoms with E-state index in [2.05, 4.69) is 40.9 Å². The van der Waals surface area contributed by atoms with E-state index in [-0.39, 0.29) is 5.82 Å². The Morgan fingerprint density at radius 3 is 2.47 bits per heavy atom. The summed E-state index contributed by atoms with van der Waals surface area (Å²) in [6, 6.07) is 7.96. The third-order valence-electron chi connectivity index (χ3n) is 4.60. The lowest BCUT2D eigenvalue weighted by Gasteiger charge is -2.10. The molecule has 0 spiro atoms. The molecule has 4 nitrogen and oxygen atoms in total. The van der Waals surface area contributed by atoms with Gasteiger partial charge in [0.1, 0.15) is 11.7 Å². The van der Waals surface area contributed by atoms with Gasteiger partial charge < -0.3 is 0 Å². The van der Waals surface area contributed by atoms with Crippen LogP contribution < -0.4 is 5.43 Å². The van der Waals surface area contributed by atoms with Crippen LogP contribution in [-0.2, 0) is 6.42 Å². The predicted molar refractivity (Wildman–Crippen MR) is 126 cm³/mol. The van der Waals surface area contributed by atoms with Gasteiger partial charge in [0.25, 0.3) is 0 Å². The summed E-state index contributed by atoms with van der Waals surface area (Å²) in [6.45, 7) is 13.9. The zero-order valence-electron chi connectivity index (χ0n) is 18.8. The number of nitrogens with zero attached hydrogens (tertiary/aromatic N) is 3. The molecule has 0 bridgehead atoms. The number of amidine groups is 1. The molecule has 5 heteroatoms. The first-order chi connectivity index (χ1) is 14.4. The Balaban J connectivity index is 0.00000101. The normalized spacial score (nSPS) is 14.1. The van der Waals surface area contributed by atoms with Crippen LogP contribution >= 0.6 is 0 Å². The van der Waals surface area contributed by atoms with Gasteiger partial charge in [0, 0.05) is 17.3 Å². The zero-order valence-corrected chi connectivity index (χ0v) is 18.8. The van der Waals surface area contributed by atoms with Gasteiger partial charge in [-0.3, -0.25) is 15.4 Å². The van der Waals surface area contributed by atoms with Crippen molar-refractivity contribution in [1.82, 2.24) is 10.4 Å². The summed E-state index contributed by atoms with van der Waals surface area (Å²) in [5.74, 6) is 0.439. The highest BCUT2D eigenvalue weighted by Crippen LogP contribution is 2.24. The predicted octanol–water partition coefficient (Wildman–Crippen LogP) is 6.24. The van der Waals surface area contributed by atoms with Crippen molar-refractivity contribution in [2.45, 2.75) is 66.3 Å². The molecule has 2 aromatic rings. The molecule has 1 heterocycles. The van der Waals surface area contributed by atoms with Crippen molar-refractivity contribution in [1.29, 1.82) is 0 Å². The van der Waals surface area contributed by atoms with Crippen molar-refractivity contribution in [2.24, 2.45) is 10.1 Å². The third-order valence-corrected chi connectivity index (χ3v) is 4.60. The van der Waals surface area contributed by atoms with Gasteiger partial charge >= 0.3 is 0 Å². The highest BCUT2D eigenvalue weighted by molar-refractivity contribution is 6.02. The second kappa shape index (κ2) is 11.4. The molecule has 0 saturated heterocycles. The summed E-state index contributed by atoms with van der Waals surface area (Å²) in [4.78, 5) is 8.72. The molecule has 0 amide bonds. The monoisotopic (exact) mass is 408 g/mol. The molecule has 0 unspecified atom stereocenters. The fourth-order valence-electron chi connectivity index (χ4n) is 2.86. The van der Waals surface area contributed by atoms with Crippen molar-refractivity contribution < 1.29 is 4.39 Å². The van der Waals surface area contributed by atoms with Crippen LogP contribution in [0.2, 0.25) is 0 Å². The maximum atomic E-state index is 14.0. The summed E-state index contributed by atoms with van der Waals surface area (Å²) < 4.78 is 14.0. The lowest BCUT2D eigenvalue weighted by Crippen LogP contribution is -2.18. The Hall–Kier alpha value is -2.82. The standard InChI is InChI=1S/C22H25FN4.C3H8/c1-5-21-20(23)12-17(13-24-21)16-7-10-19(14(3)11-16)15(4)26-27-22(6-2)25-18-8-9-18;1-3-2/h6-7,10-13,18H,2,5,8-9H2,1,3-4H3,(H,25,27);3H2,1-2H3/b26-15+;. The average molecular weight is 409 g/mol. The number of halogens is 1. The number of nitrogens with one attached hydrogen (secondary N) is 1. The van der Waals surface area contributed by atoms with Crippen LogP contribution in [0.1, 0.15) is 63.8 Å². The van der Waals surface area contributed by atoms with Crippen molar-refractivity contribution in [3.8, 4) is 11.1 Å². The number of aromatic nitrogens is 1. The first-order valence-corrected chi connectivity index (χ1v) is 10.7. The van der Waals surface area contributed by atoms with Crippen molar-refractivity contribution in [3.05, 3.63) is 65.8 Å². The molecule has 1 saturated carbocycles. The van der Waals surface area contributed by atoms with Gasteiger partial charge in [0.05, 0.1) is 17.4 Å². The first kappa shape index (κ1) is 23.5. The van der Waals surface area contributed by atoms with E-state index in [4.69, 9.17) is 0 Å². The lowest BCUT2D eigenvalue weighted by molar-refractivity contribution is 0.602. The number of aryl methyl sites for hydroxylation is 2. The molecule has 0 radical (unpaired) electrons. The van der Waals surface area contributed by atoms with Crippen LogP contribution in [0.4, 0.5) is 4.39 Å². The van der Waals surface area contributed by atoms with E-state index in [0.29, 0.717) is 24.0 Å². The Kier molecular flexibility index (Phi) is 8.90. The van der Waals surface area contributed by atoms with Crippen molar-refractivity contribution in [3.63, 3.8) is 0 Å². The van der Waals surface area contributed by atoms with E-state index in [1.807, 2.05) is 39.0 Å². The minimum Gasteiger partial charge on any atom is -0.264 e. The number of hydrazone groups is 1. The fraction of sp³-hybridized carbons (Fsp3) is 0.400. The highest BCUT2D eigenvalue weighted by atomic mass is 19.1. The molecular weight excluding hydrogens is 375 g/mol. The molecular formula is C25H33FN4. The Labute approximate surface area is 180 Å². The van der Waals surface area contributed by atoms with Gasteiger partial charge in [-0.25, -0.2) is 4.39 Å². The molecule has 1 aliphatic carbocycles. The number of aliphatic imine (C=N–C) groups is 1. The van der Waals surface area contributed by atoms with E-state index < -0.39 is 0 Å². The molecule has 160 valence electrons. The van der Waals surface area contributed by atoms with Gasteiger partial charge in [0.15, 0.2) is 0 Å². The fourth-order valence-corrected chi connectivity index (χ4v) is 2.86. The van der Waals surface area contributed by atoms with E-state index in [0.717, 1.165) is 40.8 Å². The summed E-state index contributed by atoms with van der Waals surface area (Å²) in [5.41, 5.74) is 8.15. The molecule has 1 aromatic heterocycles. The van der Waals surface area contributed by atoms with Crippen LogP contribution in [0.3, 0.4) is 0 Å². The highest BCUT2D eigenvalue weighted by Gasteiger charge is 2.20. The third kappa shape index (κ3) is 6.61. The number of rotatable bonds is 6. The second-order valence-corrected chi connectivity index (χ2v) is 7.50. The average Bonchev–Trinajstić information content (AvgIpc) is 3.55. The van der Waals surface area contributed by atoms with Gasteiger partial charge in [-0.2, -0.15) is 5.10 Å². The number of pyridine rings is 1. The molecule has 3 rings (SSSR count). The van der Waals surface area contributed by atoms with E-state index in [1.54, 1.807) is 18.3 Å². The maximum Gasteiger partial charge on any atom is 0.145 e. The summed E-state index contributed by atoms with van der Waals surface area (Å²) in [5, 5.41) is 4.44. The molecule has 1 N–H and O–H groups in total. The maximum absolute atomic E-state index is 14.0. The van der Waals surface area contributed by atoms with E-state index in [9.17, 15) is 4.39 Å². The minimum absolute atomic E-state index is 0.259. The molecule has 0 atom stereocenters. The van der Waals surface area contributed by atoms with Crippen molar-refractivity contribution >= 4 is 11.5 Å². The van der Waals surface area contributed by atoms with Crippen LogP contribution in [0.25, 0.3) is 11.1 Å². The van der Waals surface area contributed by atoms with Crippen LogP contribution in [-0.4, -0.2) is 22.6 Å². The van der Waals surface area contributed by atoms with Crippen LogP contribution in [0, 0.1) is 12.7 Å². The van der Waals surface area contributed by atoms with E-state index in [1.165, 1.54) is 6.42 Å². The van der Waals surface area contributed by atoms with E-state index >= 15 is 0 Å². The molecule has 1 fully saturated rings. The minimum atomic E-state index is -0.259. The van der Waals surface area contributed by atoms with Gasteiger partial charge in [-0.05, 0) is 56.4 Å². The summed E-state index contributed by atoms with van der Waals surface area (Å²) >= 11 is 0. The summed E-state index contributed by atoms with van der Waals surface area (Å²) in [7, 11) is 0. The zero-order chi connectivity index (χ0) is 22.1. The largest absolute Gasteiger partial charge is 0.264 e. The number of hydrogen-bond donors (Lipinski definition) is 1. The number of benzene rings is 1. The van der Waals surface area contributed by atoms with Crippen LogP contribution in [0.5, 0.6) is 0 Å². The van der Waals surface area contributed by atoms with Crippen LogP contribution in [0.15, 0.2) is 53.2 Å². The Morgan fingerprint density at radius 2 is 1.93 bits per heavy atom. The molecule has 0 aliphatic heterocycles. The van der Waals surface area contributed by atoms with Crippen molar-refractivity contribution in [2.75, 3.05) is 0 Å². The molecule has 30 heavy (non-hydrogen) atoms. The Bertz CT molecular complexity index is 927. The quantitative estimate of drug-likeness (QED) is 0.350. The molecule has 1 aliphatic rings.